The third-order valence-corrected chi connectivity index (χ3v) is 4.78. The van der Waals surface area contributed by atoms with E-state index in [2.05, 4.69) is 16.9 Å². The van der Waals surface area contributed by atoms with Crippen molar-refractivity contribution in [3.05, 3.63) is 48.6 Å². The SMILES string of the molecule is C=CCOCC(O)C[N+]1=C(NCc2ccccc2)N=C2C1C(=O)N(C)C(=O)N2C. The van der Waals surface area contributed by atoms with Crippen LogP contribution in [0.5, 0.6) is 0 Å². The molecule has 1 fully saturated rings. The summed E-state index contributed by atoms with van der Waals surface area (Å²) in [5.41, 5.74) is 1.04. The lowest BCUT2D eigenvalue weighted by atomic mass is 10.1. The molecule has 0 bridgehead atoms. The number of aliphatic imine (C=N–C) groups is 1. The molecule has 154 valence electrons. The molecule has 1 saturated heterocycles. The molecule has 29 heavy (non-hydrogen) atoms. The van der Waals surface area contributed by atoms with E-state index in [4.69, 9.17) is 4.74 Å². The highest BCUT2D eigenvalue weighted by Crippen LogP contribution is 2.19. The van der Waals surface area contributed by atoms with E-state index in [-0.39, 0.29) is 19.1 Å². The van der Waals surface area contributed by atoms with Crippen LogP contribution >= 0.6 is 0 Å². The number of hydrogen-bond acceptors (Lipinski definition) is 6. The largest absolute Gasteiger partial charge is 0.390 e. The Labute approximate surface area is 169 Å². The Morgan fingerprint density at radius 3 is 2.72 bits per heavy atom. The minimum absolute atomic E-state index is 0.0926. The van der Waals surface area contributed by atoms with Gasteiger partial charge in [-0.1, -0.05) is 41.4 Å². The number of rotatable bonds is 8. The maximum absolute atomic E-state index is 12.8. The number of fused-ring (bicyclic) bond motifs is 1. The van der Waals surface area contributed by atoms with E-state index in [1.807, 2.05) is 30.3 Å². The molecular formula is C20H26N5O4+. The minimum atomic E-state index is -0.848. The second-order valence-corrected chi connectivity index (χ2v) is 6.91. The van der Waals surface area contributed by atoms with Gasteiger partial charge in [0.15, 0.2) is 0 Å². The number of guanidine groups is 1. The Balaban J connectivity index is 1.85. The number of imide groups is 1. The zero-order valence-electron chi connectivity index (χ0n) is 16.6. The summed E-state index contributed by atoms with van der Waals surface area (Å²) in [4.78, 5) is 32.0. The van der Waals surface area contributed by atoms with E-state index in [1.54, 1.807) is 17.7 Å². The van der Waals surface area contributed by atoms with Gasteiger partial charge in [0.05, 0.1) is 26.3 Å². The first-order valence-electron chi connectivity index (χ1n) is 9.36. The van der Waals surface area contributed by atoms with Crippen molar-refractivity contribution in [3.8, 4) is 0 Å². The zero-order valence-corrected chi connectivity index (χ0v) is 16.6. The topological polar surface area (TPSA) is 97.5 Å². The number of β-amino-alcohol motifs (C(OH)–C–C–N with tert-alkyl or cyclic N) is 1. The standard InChI is InChI=1S/C20H25N5O4/c1-4-10-29-13-15(26)12-25-16-17(23(2)20(28)24(3)18(16)27)22-19(25)21-11-14-8-6-5-7-9-14/h4-9,15-16,26H,1,10-13H2,2-3H3/p+1. The first kappa shape index (κ1) is 20.7. The van der Waals surface area contributed by atoms with Gasteiger partial charge >= 0.3 is 12.0 Å². The number of nitrogens with one attached hydrogen (secondary N) is 1. The number of carbonyl (C=O) groups is 2. The summed E-state index contributed by atoms with van der Waals surface area (Å²) in [6, 6.07) is 8.52. The number of amidine groups is 1. The first-order valence-corrected chi connectivity index (χ1v) is 9.36. The highest BCUT2D eigenvalue weighted by Gasteiger charge is 2.51. The molecule has 2 aliphatic heterocycles. The highest BCUT2D eigenvalue weighted by atomic mass is 16.5. The van der Waals surface area contributed by atoms with E-state index < -0.39 is 18.2 Å². The van der Waals surface area contributed by atoms with Gasteiger partial charge in [-0.05, 0) is 5.56 Å². The number of amides is 3. The van der Waals surface area contributed by atoms with Crippen LogP contribution in [0.25, 0.3) is 0 Å². The molecule has 9 heteroatoms. The molecule has 2 atom stereocenters. The Morgan fingerprint density at radius 1 is 1.31 bits per heavy atom. The molecule has 3 rings (SSSR count). The van der Waals surface area contributed by atoms with Crippen molar-refractivity contribution in [1.82, 2.24) is 15.1 Å². The summed E-state index contributed by atoms with van der Waals surface area (Å²) in [7, 11) is 3.02. The Morgan fingerprint density at radius 2 is 2.03 bits per heavy atom. The van der Waals surface area contributed by atoms with Crippen LogP contribution in [-0.4, -0.2) is 89.2 Å². The average Bonchev–Trinajstić information content (AvgIpc) is 3.08. The van der Waals surface area contributed by atoms with E-state index in [0.717, 1.165) is 10.5 Å². The Hall–Kier alpha value is -3.04. The van der Waals surface area contributed by atoms with Crippen LogP contribution in [0, 0.1) is 0 Å². The van der Waals surface area contributed by atoms with Gasteiger partial charge in [0.2, 0.25) is 11.9 Å². The van der Waals surface area contributed by atoms with Crippen molar-refractivity contribution in [2.45, 2.75) is 18.7 Å². The summed E-state index contributed by atoms with van der Waals surface area (Å²) < 4.78 is 7.00. The van der Waals surface area contributed by atoms with Crippen molar-refractivity contribution < 1.29 is 24.0 Å². The van der Waals surface area contributed by atoms with Crippen LogP contribution in [0.2, 0.25) is 0 Å². The minimum Gasteiger partial charge on any atom is -0.387 e. The highest BCUT2D eigenvalue weighted by molar-refractivity contribution is 6.22. The van der Waals surface area contributed by atoms with Crippen LogP contribution in [0.15, 0.2) is 48.0 Å². The Kier molecular flexibility index (Phi) is 6.40. The predicted octanol–water partition coefficient (Wildman–Crippen LogP) is 0.0127. The van der Waals surface area contributed by atoms with Gasteiger partial charge in [0.1, 0.15) is 6.10 Å². The molecule has 0 aromatic heterocycles. The average molecular weight is 400 g/mol. The number of benzene rings is 1. The van der Waals surface area contributed by atoms with Gasteiger partial charge in [-0.25, -0.2) is 9.37 Å². The van der Waals surface area contributed by atoms with E-state index >= 15 is 0 Å². The quantitative estimate of drug-likeness (QED) is 0.364. The molecule has 0 spiro atoms. The Bertz CT molecular complexity index is 852. The number of hydrogen-bond donors (Lipinski definition) is 2. The molecular weight excluding hydrogens is 374 g/mol. The molecule has 1 aromatic rings. The van der Waals surface area contributed by atoms with Gasteiger partial charge in [-0.2, -0.15) is 0 Å². The van der Waals surface area contributed by atoms with Gasteiger partial charge < -0.3 is 9.84 Å². The van der Waals surface area contributed by atoms with Crippen LogP contribution < -0.4 is 5.32 Å². The predicted molar refractivity (Wildman–Crippen MR) is 108 cm³/mol. The molecule has 2 unspecified atom stereocenters. The summed E-state index contributed by atoms with van der Waals surface area (Å²) in [5, 5.41) is 13.6. The second-order valence-electron chi connectivity index (χ2n) is 6.91. The lowest BCUT2D eigenvalue weighted by molar-refractivity contribution is -0.546. The molecule has 1 aromatic carbocycles. The maximum atomic E-state index is 12.8. The first-order chi connectivity index (χ1) is 13.9. The summed E-state index contributed by atoms with van der Waals surface area (Å²) in [6.07, 6.45) is 0.752. The number of ether oxygens (including phenoxy) is 1. The van der Waals surface area contributed by atoms with Crippen LogP contribution in [0.1, 0.15) is 5.56 Å². The molecule has 2 N–H and O–H groups in total. The smallest absolute Gasteiger partial charge is 0.387 e. The molecule has 0 aliphatic carbocycles. The summed E-state index contributed by atoms with van der Waals surface area (Å²) in [6.45, 7) is 4.60. The van der Waals surface area contributed by atoms with E-state index in [1.165, 1.54) is 11.9 Å². The lowest BCUT2D eigenvalue weighted by Crippen LogP contribution is -2.62. The number of carbonyl (C=O) groups excluding carboxylic acids is 2. The fourth-order valence-corrected chi connectivity index (χ4v) is 3.28. The van der Waals surface area contributed by atoms with Crippen LogP contribution in [-0.2, 0) is 16.1 Å². The fraction of sp³-hybridized carbons (Fsp3) is 0.400. The van der Waals surface area contributed by atoms with Crippen LogP contribution in [0.4, 0.5) is 4.79 Å². The molecule has 9 nitrogen and oxygen atoms in total. The van der Waals surface area contributed by atoms with Gasteiger partial charge in [-0.15, -0.1) is 6.58 Å². The molecule has 2 heterocycles. The number of urea groups is 1. The number of nitrogens with zero attached hydrogens (tertiary/aromatic N) is 4. The van der Waals surface area contributed by atoms with Crippen LogP contribution in [0.3, 0.4) is 0 Å². The van der Waals surface area contributed by atoms with Crippen molar-refractivity contribution in [1.29, 1.82) is 0 Å². The monoisotopic (exact) mass is 400 g/mol. The van der Waals surface area contributed by atoms with Gasteiger partial charge in [-0.3, -0.25) is 19.9 Å². The molecule has 2 aliphatic rings. The van der Waals surface area contributed by atoms with E-state index in [9.17, 15) is 14.7 Å². The number of likely N-dealkylation sites (N-methyl/N-ethyl adjacent to an activating group) is 2. The maximum Gasteiger partial charge on any atom is 0.390 e. The van der Waals surface area contributed by atoms with Crippen molar-refractivity contribution in [2.75, 3.05) is 33.9 Å². The molecule has 0 saturated carbocycles. The number of aliphatic hydroxyl groups is 1. The van der Waals surface area contributed by atoms with Crippen molar-refractivity contribution in [2.24, 2.45) is 4.99 Å². The molecule has 3 amide bonds. The normalized spacial score (nSPS) is 20.0. The lowest BCUT2D eigenvalue weighted by Gasteiger charge is -2.32. The van der Waals surface area contributed by atoms with E-state index in [0.29, 0.717) is 24.9 Å². The summed E-state index contributed by atoms with van der Waals surface area (Å²) >= 11 is 0. The summed E-state index contributed by atoms with van der Waals surface area (Å²) in [5.74, 6) is 0.385. The third-order valence-electron chi connectivity index (χ3n) is 4.78. The molecule has 0 radical (unpaired) electrons. The van der Waals surface area contributed by atoms with Crippen molar-refractivity contribution in [3.63, 3.8) is 0 Å². The second kappa shape index (κ2) is 8.97. The number of aliphatic hydroxyl groups excluding tert-OH is 1. The van der Waals surface area contributed by atoms with Crippen molar-refractivity contribution >= 4 is 23.7 Å². The third kappa shape index (κ3) is 4.36. The van der Waals surface area contributed by atoms with Gasteiger partial charge in [0, 0.05) is 14.1 Å². The van der Waals surface area contributed by atoms with Gasteiger partial charge in [0.25, 0.3) is 5.91 Å². The fourth-order valence-electron chi connectivity index (χ4n) is 3.28. The zero-order chi connectivity index (χ0) is 21.0.